The van der Waals surface area contributed by atoms with Crippen molar-refractivity contribution in [3.8, 4) is 5.75 Å². The predicted octanol–water partition coefficient (Wildman–Crippen LogP) is 1.91. The van der Waals surface area contributed by atoms with Crippen molar-refractivity contribution in [2.45, 2.75) is 6.61 Å². The fraction of sp³-hybridized carbons (Fsp3) is 0.222. The number of halogens is 1. The molecule has 0 bridgehead atoms. The van der Waals surface area contributed by atoms with E-state index in [-0.39, 0.29) is 31.2 Å². The molecule has 0 aliphatic rings. The van der Waals surface area contributed by atoms with E-state index in [9.17, 15) is 14.0 Å². The van der Waals surface area contributed by atoms with Gasteiger partial charge < -0.3 is 19.9 Å². The van der Waals surface area contributed by atoms with Crippen molar-refractivity contribution in [3.05, 3.63) is 65.0 Å². The zero-order chi connectivity index (χ0) is 18.2. The zero-order valence-corrected chi connectivity index (χ0v) is 13.6. The van der Waals surface area contributed by atoms with Crippen LogP contribution in [0.2, 0.25) is 0 Å². The third-order valence-corrected chi connectivity index (χ3v) is 3.39. The molecule has 0 saturated heterocycles. The first-order chi connectivity index (χ1) is 12.0. The van der Waals surface area contributed by atoms with Crippen LogP contribution < -0.4 is 10.1 Å². The molecule has 0 aliphatic carbocycles. The van der Waals surface area contributed by atoms with Gasteiger partial charge in [0.25, 0.3) is 5.91 Å². The average molecular weight is 347 g/mol. The summed E-state index contributed by atoms with van der Waals surface area (Å²) in [6.07, 6.45) is 0. The van der Waals surface area contributed by atoms with E-state index in [4.69, 9.17) is 9.84 Å². The Bertz CT molecular complexity index is 746. The van der Waals surface area contributed by atoms with Gasteiger partial charge in [-0.05, 0) is 36.4 Å². The van der Waals surface area contributed by atoms with Crippen LogP contribution >= 0.6 is 0 Å². The molecule has 2 rings (SSSR count). The van der Waals surface area contributed by atoms with Crippen LogP contribution in [0.4, 0.5) is 4.39 Å². The van der Waals surface area contributed by atoms with E-state index in [1.807, 2.05) is 0 Å². The number of nitrogens with one attached hydrogen (secondary N) is 1. The van der Waals surface area contributed by atoms with Gasteiger partial charge in [-0.25, -0.2) is 9.18 Å². The average Bonchev–Trinajstić information content (AvgIpc) is 2.64. The smallest absolute Gasteiger partial charge is 0.338 e. The topological polar surface area (TPSA) is 84.9 Å². The van der Waals surface area contributed by atoms with E-state index in [0.717, 1.165) is 6.07 Å². The number of ether oxygens (including phenoxy) is 2. The molecule has 0 aliphatic heterocycles. The summed E-state index contributed by atoms with van der Waals surface area (Å²) in [6, 6.07) is 10.2. The number of benzene rings is 2. The summed E-state index contributed by atoms with van der Waals surface area (Å²) in [4.78, 5) is 23.4. The second-order valence-electron chi connectivity index (χ2n) is 5.09. The van der Waals surface area contributed by atoms with Gasteiger partial charge >= 0.3 is 5.97 Å². The highest BCUT2D eigenvalue weighted by Gasteiger charge is 2.13. The number of rotatable bonds is 7. The molecule has 25 heavy (non-hydrogen) atoms. The summed E-state index contributed by atoms with van der Waals surface area (Å²) >= 11 is 0. The molecular weight excluding hydrogens is 329 g/mol. The third kappa shape index (κ3) is 5.02. The maximum Gasteiger partial charge on any atom is 0.338 e. The first-order valence-corrected chi connectivity index (χ1v) is 7.54. The molecule has 0 atom stereocenters. The number of esters is 1. The lowest BCUT2D eigenvalue weighted by Gasteiger charge is -2.11. The van der Waals surface area contributed by atoms with E-state index in [1.165, 1.54) is 19.2 Å². The molecule has 6 nitrogen and oxygen atoms in total. The van der Waals surface area contributed by atoms with Crippen LogP contribution in [0.1, 0.15) is 26.3 Å². The Morgan fingerprint density at radius 2 is 1.88 bits per heavy atom. The Hall–Kier alpha value is -2.93. The van der Waals surface area contributed by atoms with E-state index >= 15 is 0 Å². The lowest BCUT2D eigenvalue weighted by Crippen LogP contribution is -2.26. The molecule has 0 heterocycles. The molecule has 0 spiro atoms. The Balaban J connectivity index is 2.04. The van der Waals surface area contributed by atoms with Crippen LogP contribution in [0.5, 0.6) is 5.75 Å². The van der Waals surface area contributed by atoms with Crippen LogP contribution in [0, 0.1) is 5.82 Å². The number of carbonyl (C=O) groups excluding carboxylic acids is 2. The van der Waals surface area contributed by atoms with Crippen molar-refractivity contribution < 1.29 is 28.6 Å². The van der Waals surface area contributed by atoms with E-state index < -0.39 is 11.8 Å². The van der Waals surface area contributed by atoms with Gasteiger partial charge in [0, 0.05) is 17.7 Å². The summed E-state index contributed by atoms with van der Waals surface area (Å²) in [5.74, 6) is -0.998. The van der Waals surface area contributed by atoms with Crippen LogP contribution in [0.25, 0.3) is 0 Å². The molecular formula is C18H18FNO5. The lowest BCUT2D eigenvalue weighted by atomic mass is 10.1. The Kier molecular flexibility index (Phi) is 6.47. The molecule has 2 aromatic carbocycles. The van der Waals surface area contributed by atoms with Crippen molar-refractivity contribution >= 4 is 11.9 Å². The van der Waals surface area contributed by atoms with Crippen LogP contribution in [-0.2, 0) is 11.3 Å². The quantitative estimate of drug-likeness (QED) is 0.748. The van der Waals surface area contributed by atoms with E-state index in [0.29, 0.717) is 16.9 Å². The molecule has 0 unspecified atom stereocenters. The van der Waals surface area contributed by atoms with Gasteiger partial charge in [-0.1, -0.05) is 6.07 Å². The molecule has 0 saturated carbocycles. The van der Waals surface area contributed by atoms with Crippen LogP contribution in [0.15, 0.2) is 42.5 Å². The van der Waals surface area contributed by atoms with Gasteiger partial charge in [-0.15, -0.1) is 0 Å². The minimum absolute atomic E-state index is 0.0424. The highest BCUT2D eigenvalue weighted by atomic mass is 19.1. The number of hydrogen-bond donors (Lipinski definition) is 2. The van der Waals surface area contributed by atoms with Crippen LogP contribution in [-0.4, -0.2) is 37.2 Å². The molecule has 0 fully saturated rings. The van der Waals surface area contributed by atoms with Gasteiger partial charge in [0.2, 0.25) is 0 Å². The Morgan fingerprint density at radius 3 is 2.52 bits per heavy atom. The molecule has 7 heteroatoms. The Labute approximate surface area is 144 Å². The van der Waals surface area contributed by atoms with Gasteiger partial charge in [-0.3, -0.25) is 4.79 Å². The van der Waals surface area contributed by atoms with E-state index in [2.05, 4.69) is 10.1 Å². The molecule has 2 aromatic rings. The SMILES string of the molecule is COC(=O)c1cc(F)ccc1COc1ccc(C(=O)NCCO)cc1. The van der Waals surface area contributed by atoms with Gasteiger partial charge in [-0.2, -0.15) is 0 Å². The normalized spacial score (nSPS) is 10.2. The summed E-state index contributed by atoms with van der Waals surface area (Å²) in [5, 5.41) is 11.2. The minimum Gasteiger partial charge on any atom is -0.489 e. The van der Waals surface area contributed by atoms with Crippen molar-refractivity contribution in [3.63, 3.8) is 0 Å². The largest absolute Gasteiger partial charge is 0.489 e. The number of aliphatic hydroxyl groups excluding tert-OH is 1. The van der Waals surface area contributed by atoms with Gasteiger partial charge in [0.05, 0.1) is 19.3 Å². The first-order valence-electron chi connectivity index (χ1n) is 7.54. The van der Waals surface area contributed by atoms with E-state index in [1.54, 1.807) is 24.3 Å². The Morgan fingerprint density at radius 1 is 1.16 bits per heavy atom. The summed E-state index contributed by atoms with van der Waals surface area (Å²) in [7, 11) is 1.22. The maximum absolute atomic E-state index is 13.3. The van der Waals surface area contributed by atoms with Crippen molar-refractivity contribution in [2.24, 2.45) is 0 Å². The molecule has 132 valence electrons. The first kappa shape index (κ1) is 18.4. The molecule has 0 radical (unpaired) electrons. The number of carbonyl (C=O) groups is 2. The van der Waals surface area contributed by atoms with Crippen molar-refractivity contribution in [2.75, 3.05) is 20.3 Å². The summed E-state index contributed by atoms with van der Waals surface area (Å²) < 4.78 is 23.5. The lowest BCUT2D eigenvalue weighted by molar-refractivity contribution is 0.0597. The molecule has 2 N–H and O–H groups in total. The van der Waals surface area contributed by atoms with Gasteiger partial charge in [0.15, 0.2) is 0 Å². The fourth-order valence-corrected chi connectivity index (χ4v) is 2.11. The number of hydrogen-bond acceptors (Lipinski definition) is 5. The minimum atomic E-state index is -0.644. The second kappa shape index (κ2) is 8.79. The highest BCUT2D eigenvalue weighted by Crippen LogP contribution is 2.18. The van der Waals surface area contributed by atoms with Crippen molar-refractivity contribution in [1.29, 1.82) is 0 Å². The third-order valence-electron chi connectivity index (χ3n) is 3.39. The summed E-state index contributed by atoms with van der Waals surface area (Å²) in [5.41, 5.74) is 1.01. The monoisotopic (exact) mass is 347 g/mol. The molecule has 0 aromatic heterocycles. The highest BCUT2D eigenvalue weighted by molar-refractivity contribution is 5.94. The van der Waals surface area contributed by atoms with Crippen molar-refractivity contribution in [1.82, 2.24) is 5.32 Å². The zero-order valence-electron chi connectivity index (χ0n) is 13.6. The second-order valence-corrected chi connectivity index (χ2v) is 5.09. The van der Waals surface area contributed by atoms with Gasteiger partial charge in [0.1, 0.15) is 18.2 Å². The fourth-order valence-electron chi connectivity index (χ4n) is 2.11. The van der Waals surface area contributed by atoms with Crippen LogP contribution in [0.3, 0.4) is 0 Å². The maximum atomic E-state index is 13.3. The predicted molar refractivity (Wildman–Crippen MR) is 87.9 cm³/mol. The standard InChI is InChI=1S/C18H18FNO5/c1-24-18(23)16-10-14(19)5-2-13(16)11-25-15-6-3-12(4-7-15)17(22)20-8-9-21/h2-7,10,21H,8-9,11H2,1H3,(H,20,22). The number of methoxy groups -OCH3 is 1. The number of amides is 1. The number of aliphatic hydroxyl groups is 1. The molecule has 1 amide bonds. The summed E-state index contributed by atoms with van der Waals surface area (Å²) in [6.45, 7) is 0.0891.